The molecule has 0 saturated carbocycles. The van der Waals surface area contributed by atoms with Crippen molar-refractivity contribution in [1.82, 2.24) is 5.32 Å². The summed E-state index contributed by atoms with van der Waals surface area (Å²) >= 11 is 18.0. The molecule has 2 aromatic rings. The minimum absolute atomic E-state index is 0.0587. The zero-order valence-corrected chi connectivity index (χ0v) is 17.6. The Hall–Kier alpha value is -1.87. The van der Waals surface area contributed by atoms with Gasteiger partial charge in [-0.15, -0.1) is 0 Å². The van der Waals surface area contributed by atoms with Gasteiger partial charge in [0, 0.05) is 6.54 Å². The second kappa shape index (κ2) is 8.24. The number of halogens is 3. The summed E-state index contributed by atoms with van der Waals surface area (Å²) < 4.78 is 35.8. The van der Waals surface area contributed by atoms with Gasteiger partial charge in [0.1, 0.15) is 6.54 Å². The van der Waals surface area contributed by atoms with Gasteiger partial charge in [-0.1, -0.05) is 40.9 Å². The lowest BCUT2D eigenvalue weighted by Gasteiger charge is -2.23. The lowest BCUT2D eigenvalue weighted by molar-refractivity contribution is -0.119. The lowest BCUT2D eigenvalue weighted by Crippen LogP contribution is -2.40. The third kappa shape index (κ3) is 4.75. The standard InChI is InChI=1S/C17H15Cl3N2O5S/c1-28(24,25)22(14-6-12(19)11(18)5-13(14)20)8-17(23)21-7-10-2-3-15-16(4-10)27-9-26-15/h2-6H,7-9H2,1H3,(H,21,23). The minimum Gasteiger partial charge on any atom is -0.454 e. The van der Waals surface area contributed by atoms with E-state index in [1.807, 2.05) is 0 Å². The molecule has 1 amide bonds. The molecule has 0 atom stereocenters. The number of sulfonamides is 1. The minimum atomic E-state index is -3.81. The Morgan fingerprint density at radius 1 is 1.07 bits per heavy atom. The summed E-state index contributed by atoms with van der Waals surface area (Å²) in [5, 5.41) is 3.02. The molecule has 0 spiro atoms. The van der Waals surface area contributed by atoms with Gasteiger partial charge < -0.3 is 14.8 Å². The van der Waals surface area contributed by atoms with Crippen molar-refractivity contribution < 1.29 is 22.7 Å². The second-order valence-electron chi connectivity index (χ2n) is 5.95. The van der Waals surface area contributed by atoms with Gasteiger partial charge in [0.25, 0.3) is 0 Å². The first-order valence-electron chi connectivity index (χ1n) is 7.92. The molecule has 7 nitrogen and oxygen atoms in total. The molecule has 0 radical (unpaired) electrons. The highest BCUT2D eigenvalue weighted by molar-refractivity contribution is 7.92. The first-order chi connectivity index (χ1) is 13.1. The summed E-state index contributed by atoms with van der Waals surface area (Å²) in [4.78, 5) is 12.4. The van der Waals surface area contributed by atoms with E-state index in [1.54, 1.807) is 18.2 Å². The van der Waals surface area contributed by atoms with Crippen LogP contribution in [0.2, 0.25) is 15.1 Å². The van der Waals surface area contributed by atoms with Gasteiger partial charge in [-0.25, -0.2) is 8.42 Å². The first-order valence-corrected chi connectivity index (χ1v) is 10.9. The molecule has 11 heteroatoms. The van der Waals surface area contributed by atoms with E-state index in [2.05, 4.69) is 5.32 Å². The van der Waals surface area contributed by atoms with Gasteiger partial charge in [-0.05, 0) is 29.8 Å². The van der Waals surface area contributed by atoms with Gasteiger partial charge in [-0.3, -0.25) is 9.10 Å². The summed E-state index contributed by atoms with van der Waals surface area (Å²) in [5.41, 5.74) is 0.841. The van der Waals surface area contributed by atoms with Gasteiger partial charge in [-0.2, -0.15) is 0 Å². The van der Waals surface area contributed by atoms with E-state index in [4.69, 9.17) is 44.3 Å². The van der Waals surface area contributed by atoms with Crippen LogP contribution in [0.1, 0.15) is 5.56 Å². The summed E-state index contributed by atoms with van der Waals surface area (Å²) in [7, 11) is -3.81. The van der Waals surface area contributed by atoms with Crippen LogP contribution in [0.25, 0.3) is 0 Å². The van der Waals surface area contributed by atoms with Crippen LogP contribution < -0.4 is 19.1 Å². The highest BCUT2D eigenvalue weighted by atomic mass is 35.5. The van der Waals surface area contributed by atoms with Crippen molar-refractivity contribution in [1.29, 1.82) is 0 Å². The van der Waals surface area contributed by atoms with Crippen LogP contribution in [0.15, 0.2) is 30.3 Å². The van der Waals surface area contributed by atoms with Gasteiger partial charge >= 0.3 is 0 Å². The van der Waals surface area contributed by atoms with E-state index >= 15 is 0 Å². The number of hydrogen-bond donors (Lipinski definition) is 1. The maximum absolute atomic E-state index is 12.4. The molecule has 0 bridgehead atoms. The third-order valence-corrected chi connectivity index (χ3v) is 6.02. The average molecular weight is 466 g/mol. The maximum Gasteiger partial charge on any atom is 0.241 e. The highest BCUT2D eigenvalue weighted by Crippen LogP contribution is 2.35. The van der Waals surface area contributed by atoms with E-state index < -0.39 is 22.5 Å². The van der Waals surface area contributed by atoms with Crippen molar-refractivity contribution >= 4 is 56.4 Å². The van der Waals surface area contributed by atoms with Gasteiger partial charge in [0.05, 0.1) is 27.0 Å². The Morgan fingerprint density at radius 2 is 1.75 bits per heavy atom. The number of nitrogens with one attached hydrogen (secondary N) is 1. The van der Waals surface area contributed by atoms with Crippen molar-refractivity contribution in [2.45, 2.75) is 6.54 Å². The largest absolute Gasteiger partial charge is 0.454 e. The Labute approximate surface area is 177 Å². The first kappa shape index (κ1) is 20.9. The summed E-state index contributed by atoms with van der Waals surface area (Å²) in [5.74, 6) is 0.699. The number of fused-ring (bicyclic) bond motifs is 1. The van der Waals surface area contributed by atoms with Crippen LogP contribution in [0, 0.1) is 0 Å². The monoisotopic (exact) mass is 464 g/mol. The Balaban J connectivity index is 1.73. The topological polar surface area (TPSA) is 84.9 Å². The van der Waals surface area contributed by atoms with Crippen molar-refractivity contribution in [3.8, 4) is 11.5 Å². The number of rotatable bonds is 6. The fourth-order valence-electron chi connectivity index (χ4n) is 2.52. The van der Waals surface area contributed by atoms with E-state index in [1.165, 1.54) is 12.1 Å². The van der Waals surface area contributed by atoms with Crippen molar-refractivity contribution in [3.63, 3.8) is 0 Å². The van der Waals surface area contributed by atoms with Gasteiger partial charge in [0.2, 0.25) is 22.7 Å². The SMILES string of the molecule is CS(=O)(=O)N(CC(=O)NCc1ccc2c(c1)OCO2)c1cc(Cl)c(Cl)cc1Cl. The van der Waals surface area contributed by atoms with Crippen molar-refractivity contribution in [2.75, 3.05) is 23.9 Å². The molecular weight excluding hydrogens is 451 g/mol. The van der Waals surface area contributed by atoms with Crippen LogP contribution in [-0.4, -0.2) is 33.9 Å². The number of benzene rings is 2. The molecule has 3 rings (SSSR count). The number of ether oxygens (including phenoxy) is 2. The van der Waals surface area contributed by atoms with Crippen LogP contribution in [0.4, 0.5) is 5.69 Å². The normalized spacial score (nSPS) is 12.7. The van der Waals surface area contributed by atoms with Crippen LogP contribution in [0.3, 0.4) is 0 Å². The fraction of sp³-hybridized carbons (Fsp3) is 0.235. The Kier molecular flexibility index (Phi) is 6.14. The molecule has 1 aliphatic rings. The number of carbonyl (C=O) groups excluding carboxylic acids is 1. The molecule has 28 heavy (non-hydrogen) atoms. The number of anilines is 1. The Bertz CT molecular complexity index is 1030. The number of amides is 1. The second-order valence-corrected chi connectivity index (χ2v) is 9.08. The molecule has 0 aromatic heterocycles. The van der Waals surface area contributed by atoms with E-state index in [0.29, 0.717) is 11.5 Å². The molecule has 0 fully saturated rings. The zero-order chi connectivity index (χ0) is 20.5. The number of nitrogens with zero attached hydrogens (tertiary/aromatic N) is 1. The zero-order valence-electron chi connectivity index (χ0n) is 14.5. The average Bonchev–Trinajstić information content (AvgIpc) is 3.08. The molecule has 150 valence electrons. The van der Waals surface area contributed by atoms with Crippen LogP contribution in [0.5, 0.6) is 11.5 Å². The molecule has 1 heterocycles. The smallest absolute Gasteiger partial charge is 0.241 e. The van der Waals surface area contributed by atoms with Crippen LogP contribution in [-0.2, 0) is 21.4 Å². The molecular formula is C17H15Cl3N2O5S. The summed E-state index contributed by atoms with van der Waals surface area (Å²) in [6.07, 6.45) is 0.969. The van der Waals surface area contributed by atoms with Crippen molar-refractivity contribution in [2.24, 2.45) is 0 Å². The quantitative estimate of drug-likeness (QED) is 0.661. The third-order valence-electron chi connectivity index (χ3n) is 3.87. The lowest BCUT2D eigenvalue weighted by atomic mass is 10.2. The van der Waals surface area contributed by atoms with Crippen molar-refractivity contribution in [3.05, 3.63) is 51.0 Å². The summed E-state index contributed by atoms with van der Waals surface area (Å²) in [6, 6.07) is 7.88. The highest BCUT2D eigenvalue weighted by Gasteiger charge is 2.24. The molecule has 1 aliphatic heterocycles. The van der Waals surface area contributed by atoms with Gasteiger partial charge in [0.15, 0.2) is 11.5 Å². The molecule has 0 aliphatic carbocycles. The predicted octanol–water partition coefficient (Wildman–Crippen LogP) is 3.46. The predicted molar refractivity (Wildman–Crippen MR) is 108 cm³/mol. The van der Waals surface area contributed by atoms with E-state index in [-0.39, 0.29) is 34.1 Å². The fourth-order valence-corrected chi connectivity index (χ4v) is 4.08. The van der Waals surface area contributed by atoms with Crippen LogP contribution >= 0.6 is 34.8 Å². The molecule has 0 saturated heterocycles. The van der Waals surface area contributed by atoms with E-state index in [0.717, 1.165) is 16.1 Å². The molecule has 2 aromatic carbocycles. The Morgan fingerprint density at radius 3 is 2.46 bits per heavy atom. The van der Waals surface area contributed by atoms with E-state index in [9.17, 15) is 13.2 Å². The summed E-state index contributed by atoms with van der Waals surface area (Å²) in [6.45, 7) is -0.137. The molecule has 1 N–H and O–H groups in total. The number of carbonyl (C=O) groups is 1. The molecule has 0 unspecified atom stereocenters. The number of hydrogen-bond acceptors (Lipinski definition) is 5. The maximum atomic E-state index is 12.4.